The number of ether oxygens (including phenoxy) is 1. The molecule has 0 saturated heterocycles. The van der Waals surface area contributed by atoms with E-state index >= 15 is 0 Å². The summed E-state index contributed by atoms with van der Waals surface area (Å²) in [4.78, 5) is 9.56. The molecule has 5 heteroatoms. The molecule has 2 aromatic heterocycles. The molecule has 0 fully saturated rings. The summed E-state index contributed by atoms with van der Waals surface area (Å²) in [6.07, 6.45) is 1.30. The largest absolute Gasteiger partial charge is 0.457 e. The van der Waals surface area contributed by atoms with Crippen LogP contribution in [0.2, 0.25) is 0 Å². The average molecular weight is 929 g/mol. The topological polar surface area (TPSA) is 33.5 Å². The maximum Gasteiger partial charge on any atom is 0.137 e. The number of fused-ring (bicyclic) bond motifs is 4. The zero-order valence-electron chi connectivity index (χ0n) is 50.6. The Labute approximate surface area is 427 Å². The third kappa shape index (κ3) is 8.87. The molecule has 70 heavy (non-hydrogen) atoms. The standard InChI is InChI=1S/C65H68N4O/c1-42-30-61(66-40-56(42)43-20-15-14-16-21-43)69-57-25-18-17-24-54(57)55-28-27-53(39-59(55)69)70-52-23-19-22-50(38-52)67-41-68(51-36-48(64(8,9)10)35-49(37-51)65(11,12)13)58-29-26-44(33-60(58)67)45-31-46(62(2,3)4)34-47(32-45)63(5,6)7/h14-40H,41H2,1-13H3/i1D3,14D,15D,16D,20D,21D. The van der Waals surface area contributed by atoms with Gasteiger partial charge in [-0.05, 0) is 134 Å². The van der Waals surface area contributed by atoms with Gasteiger partial charge in [-0.15, -0.1) is 0 Å². The Morgan fingerprint density at radius 2 is 1.11 bits per heavy atom. The van der Waals surface area contributed by atoms with Crippen LogP contribution in [0.1, 0.15) is 122 Å². The fourth-order valence-corrected chi connectivity index (χ4v) is 9.44. The van der Waals surface area contributed by atoms with E-state index in [-0.39, 0.29) is 44.2 Å². The van der Waals surface area contributed by atoms with E-state index in [4.69, 9.17) is 20.7 Å². The van der Waals surface area contributed by atoms with Crippen molar-refractivity contribution in [3.8, 4) is 39.6 Å². The van der Waals surface area contributed by atoms with Crippen molar-refractivity contribution in [2.24, 2.45) is 0 Å². The molecule has 354 valence electrons. The Kier molecular flexibility index (Phi) is 9.21. The highest BCUT2D eigenvalue weighted by Gasteiger charge is 2.32. The molecule has 1 aliphatic heterocycles. The number of benzene rings is 7. The maximum atomic E-state index is 8.67. The number of nitrogens with zero attached hydrogens (tertiary/aromatic N) is 4. The summed E-state index contributed by atoms with van der Waals surface area (Å²) in [7, 11) is 0. The van der Waals surface area contributed by atoms with Crippen molar-refractivity contribution in [2.45, 2.75) is 112 Å². The average Bonchev–Trinajstić information content (AvgIpc) is 4.15. The first-order valence-electron chi connectivity index (χ1n) is 28.3. The van der Waals surface area contributed by atoms with Gasteiger partial charge in [0.25, 0.3) is 0 Å². The number of pyridine rings is 1. The minimum Gasteiger partial charge on any atom is -0.457 e. The molecule has 0 spiro atoms. The predicted molar refractivity (Wildman–Crippen MR) is 298 cm³/mol. The zero-order chi connectivity index (χ0) is 56.3. The van der Waals surface area contributed by atoms with Gasteiger partial charge in [-0.3, -0.25) is 4.57 Å². The summed E-state index contributed by atoms with van der Waals surface area (Å²) in [5.74, 6) is 1.44. The molecule has 0 aliphatic carbocycles. The minimum atomic E-state index is -2.73. The smallest absolute Gasteiger partial charge is 0.137 e. The van der Waals surface area contributed by atoms with Gasteiger partial charge in [-0.2, -0.15) is 0 Å². The number of hydrogen-bond acceptors (Lipinski definition) is 4. The summed E-state index contributed by atoms with van der Waals surface area (Å²) in [5.41, 5.74) is 12.5. The van der Waals surface area contributed by atoms with Crippen LogP contribution in [0.25, 0.3) is 49.9 Å². The van der Waals surface area contributed by atoms with Crippen LogP contribution >= 0.6 is 0 Å². The van der Waals surface area contributed by atoms with Gasteiger partial charge in [0.15, 0.2) is 0 Å². The van der Waals surface area contributed by atoms with Crippen LogP contribution in [-0.4, -0.2) is 16.2 Å². The molecule has 10 rings (SSSR count). The lowest BCUT2D eigenvalue weighted by molar-refractivity contribution is 0.483. The first kappa shape index (κ1) is 37.7. The molecule has 9 aromatic rings. The van der Waals surface area contributed by atoms with E-state index in [1.807, 2.05) is 59.2 Å². The SMILES string of the molecule is [2H]c1c([2H])c([2H])c(-c2cnc(-n3c4ccccc4c4ccc(Oc5cccc(N6CN(c7cc(C(C)(C)C)cc(C(C)(C)C)c7)c7ccc(-c8cc(C(C)(C)C)cc(C(C)(C)C)c8)cc76)c5)cc43)cc2C([2H])([2H])[2H])c([2H])c1[2H]. The summed E-state index contributed by atoms with van der Waals surface area (Å²) in [6, 6.07) is 41.6. The fraction of sp³-hybridized carbons (Fsp3) is 0.277. The third-order valence-electron chi connectivity index (χ3n) is 13.7. The predicted octanol–water partition coefficient (Wildman–Crippen LogP) is 18.1. The molecular formula is C65H68N4O. The third-order valence-corrected chi connectivity index (χ3v) is 13.7. The molecular weight excluding hydrogens is 853 g/mol. The lowest BCUT2D eigenvalue weighted by Gasteiger charge is -2.29. The molecule has 0 atom stereocenters. The van der Waals surface area contributed by atoms with Crippen LogP contribution in [0.4, 0.5) is 22.7 Å². The Hall–Kier alpha value is -7.11. The molecule has 1 aliphatic rings. The van der Waals surface area contributed by atoms with E-state index in [0.717, 1.165) is 44.6 Å². The van der Waals surface area contributed by atoms with Crippen LogP contribution in [0.3, 0.4) is 0 Å². The highest BCUT2D eigenvalue weighted by molar-refractivity contribution is 6.09. The van der Waals surface area contributed by atoms with Crippen molar-refractivity contribution in [1.29, 1.82) is 0 Å². The van der Waals surface area contributed by atoms with Crippen molar-refractivity contribution >= 4 is 44.6 Å². The van der Waals surface area contributed by atoms with Crippen molar-refractivity contribution < 1.29 is 15.7 Å². The van der Waals surface area contributed by atoms with E-state index in [1.165, 1.54) is 40.1 Å². The maximum absolute atomic E-state index is 8.67. The lowest BCUT2D eigenvalue weighted by Crippen LogP contribution is -2.25. The highest BCUT2D eigenvalue weighted by Crippen LogP contribution is 2.49. The van der Waals surface area contributed by atoms with E-state index in [9.17, 15) is 0 Å². The van der Waals surface area contributed by atoms with E-state index in [0.29, 0.717) is 23.7 Å². The van der Waals surface area contributed by atoms with E-state index in [2.05, 4.69) is 160 Å². The monoisotopic (exact) mass is 929 g/mol. The Balaban J connectivity index is 1.08. The van der Waals surface area contributed by atoms with E-state index in [1.54, 1.807) is 0 Å². The lowest BCUT2D eigenvalue weighted by atomic mass is 9.79. The normalized spacial score (nSPS) is 15.2. The highest BCUT2D eigenvalue weighted by atomic mass is 16.5. The first-order valence-corrected chi connectivity index (χ1v) is 24.3. The van der Waals surface area contributed by atoms with Gasteiger partial charge in [0.1, 0.15) is 24.0 Å². The molecule has 3 heterocycles. The summed E-state index contributed by atoms with van der Waals surface area (Å²) >= 11 is 0. The summed E-state index contributed by atoms with van der Waals surface area (Å²) < 4.78 is 76.6. The van der Waals surface area contributed by atoms with Gasteiger partial charge in [0.2, 0.25) is 0 Å². The second-order valence-electron chi connectivity index (χ2n) is 23.0. The van der Waals surface area contributed by atoms with Gasteiger partial charge < -0.3 is 14.5 Å². The molecule has 0 bridgehead atoms. The van der Waals surface area contributed by atoms with Crippen molar-refractivity contribution in [1.82, 2.24) is 9.55 Å². The quantitative estimate of drug-likeness (QED) is 0.159. The van der Waals surface area contributed by atoms with Crippen molar-refractivity contribution in [3.05, 3.63) is 192 Å². The number of hydrogen-bond donors (Lipinski definition) is 0. The van der Waals surface area contributed by atoms with Crippen molar-refractivity contribution in [3.63, 3.8) is 0 Å². The van der Waals surface area contributed by atoms with Crippen LogP contribution in [0.15, 0.2) is 164 Å². The molecule has 7 aromatic carbocycles. The molecule has 0 saturated carbocycles. The van der Waals surface area contributed by atoms with Crippen LogP contribution in [0.5, 0.6) is 11.5 Å². The number of aromatic nitrogens is 2. The Morgan fingerprint density at radius 1 is 0.500 bits per heavy atom. The van der Waals surface area contributed by atoms with Gasteiger partial charge >= 0.3 is 0 Å². The fourth-order valence-electron chi connectivity index (χ4n) is 9.44. The van der Waals surface area contributed by atoms with Gasteiger partial charge in [0.05, 0.1) is 29.3 Å². The van der Waals surface area contributed by atoms with Crippen LogP contribution < -0.4 is 14.5 Å². The number of aryl methyl sites for hydroxylation is 1. The second-order valence-corrected chi connectivity index (χ2v) is 23.0. The summed E-state index contributed by atoms with van der Waals surface area (Å²) in [5, 5.41) is 1.79. The van der Waals surface area contributed by atoms with Gasteiger partial charge in [0, 0.05) is 50.2 Å². The molecule has 0 radical (unpaired) electrons. The molecule has 5 nitrogen and oxygen atoms in total. The Bertz CT molecular complexity index is 3770. The zero-order valence-corrected chi connectivity index (χ0v) is 42.6. The second kappa shape index (κ2) is 17.1. The number of rotatable bonds is 7. The number of para-hydroxylation sites is 1. The van der Waals surface area contributed by atoms with Gasteiger partial charge in [-0.25, -0.2) is 4.98 Å². The molecule has 0 unspecified atom stereocenters. The van der Waals surface area contributed by atoms with Crippen molar-refractivity contribution in [2.75, 3.05) is 16.5 Å². The Morgan fingerprint density at radius 3 is 1.77 bits per heavy atom. The van der Waals surface area contributed by atoms with Crippen LogP contribution in [0, 0.1) is 6.85 Å². The first-order chi connectivity index (χ1) is 36.4. The van der Waals surface area contributed by atoms with Gasteiger partial charge in [-0.1, -0.05) is 168 Å². The minimum absolute atomic E-state index is 0.0496. The van der Waals surface area contributed by atoms with Crippen LogP contribution in [-0.2, 0) is 21.7 Å². The molecule has 0 amide bonds. The molecule has 0 N–H and O–H groups in total. The number of anilines is 4. The summed E-state index contributed by atoms with van der Waals surface area (Å²) in [6.45, 7) is 25.1. The van der Waals surface area contributed by atoms with E-state index < -0.39 is 37.1 Å².